The highest BCUT2D eigenvalue weighted by Crippen LogP contribution is 2.19. The largest absolute Gasteiger partial charge is 0.340 e. The van der Waals surface area contributed by atoms with E-state index in [0.29, 0.717) is 13.1 Å². The van der Waals surface area contributed by atoms with Gasteiger partial charge in [-0.05, 0) is 44.0 Å². The van der Waals surface area contributed by atoms with Crippen LogP contribution in [0.1, 0.15) is 19.8 Å². The number of amides is 1. The number of hydrogen-bond acceptors (Lipinski definition) is 4. The van der Waals surface area contributed by atoms with Gasteiger partial charge in [-0.25, -0.2) is 12.8 Å². The quantitative estimate of drug-likeness (QED) is 0.842. The molecule has 0 spiro atoms. The summed E-state index contributed by atoms with van der Waals surface area (Å²) in [6.45, 7) is 2.26. The van der Waals surface area contributed by atoms with Crippen molar-refractivity contribution in [3.05, 3.63) is 30.1 Å². The van der Waals surface area contributed by atoms with Crippen LogP contribution in [0, 0.1) is 5.82 Å². The Morgan fingerprint density at radius 1 is 1.38 bits per heavy atom. The van der Waals surface area contributed by atoms with Crippen molar-refractivity contribution < 1.29 is 17.6 Å². The van der Waals surface area contributed by atoms with Crippen LogP contribution in [0.5, 0.6) is 0 Å². The van der Waals surface area contributed by atoms with Gasteiger partial charge in [0, 0.05) is 19.1 Å². The second-order valence-electron chi connectivity index (χ2n) is 5.33. The molecular formula is C14H19FN2O3S. The number of hydrogen-bond donors (Lipinski definition) is 1. The molecule has 21 heavy (non-hydrogen) atoms. The van der Waals surface area contributed by atoms with Crippen LogP contribution >= 0.6 is 0 Å². The summed E-state index contributed by atoms with van der Waals surface area (Å²) in [5, 5.41) is -1.20. The minimum absolute atomic E-state index is 0.0499. The topological polar surface area (TPSA) is 80.5 Å². The molecular weight excluding hydrogens is 295 g/mol. The van der Waals surface area contributed by atoms with Gasteiger partial charge >= 0.3 is 0 Å². The van der Waals surface area contributed by atoms with Gasteiger partial charge in [0.1, 0.15) is 11.1 Å². The van der Waals surface area contributed by atoms with Crippen molar-refractivity contribution in [1.82, 2.24) is 4.90 Å². The third kappa shape index (κ3) is 3.41. The Hall–Kier alpha value is -1.47. The molecule has 2 atom stereocenters. The van der Waals surface area contributed by atoms with Crippen molar-refractivity contribution in [1.29, 1.82) is 0 Å². The Morgan fingerprint density at radius 2 is 2.00 bits per heavy atom. The number of nitrogens with zero attached hydrogens (tertiary/aromatic N) is 1. The van der Waals surface area contributed by atoms with Crippen LogP contribution in [0.25, 0.3) is 0 Å². The summed E-state index contributed by atoms with van der Waals surface area (Å²) >= 11 is 0. The first-order valence-electron chi connectivity index (χ1n) is 6.86. The Labute approximate surface area is 123 Å². The van der Waals surface area contributed by atoms with Gasteiger partial charge in [0.25, 0.3) is 0 Å². The van der Waals surface area contributed by atoms with Gasteiger partial charge in [-0.3, -0.25) is 4.79 Å². The zero-order valence-electron chi connectivity index (χ0n) is 11.8. The van der Waals surface area contributed by atoms with Crippen molar-refractivity contribution in [2.45, 2.75) is 36.0 Å². The third-order valence-corrected chi connectivity index (χ3v) is 5.79. The molecule has 2 N–H and O–H groups in total. The predicted octanol–water partition coefficient (Wildman–Crippen LogP) is 0.938. The average molecular weight is 314 g/mol. The summed E-state index contributed by atoms with van der Waals surface area (Å²) in [7, 11) is -3.82. The maximum atomic E-state index is 12.9. The molecule has 0 radical (unpaired) electrons. The number of likely N-dealkylation sites (tertiary alicyclic amines) is 1. The van der Waals surface area contributed by atoms with Gasteiger partial charge in [-0.2, -0.15) is 0 Å². The van der Waals surface area contributed by atoms with E-state index in [1.54, 1.807) is 0 Å². The molecule has 7 heteroatoms. The van der Waals surface area contributed by atoms with Crippen molar-refractivity contribution in [2.75, 3.05) is 13.1 Å². The first kappa shape index (κ1) is 15.9. The second kappa shape index (κ2) is 6.11. The fourth-order valence-electron chi connectivity index (χ4n) is 2.43. The summed E-state index contributed by atoms with van der Waals surface area (Å²) in [4.78, 5) is 13.8. The molecule has 0 saturated carbocycles. The van der Waals surface area contributed by atoms with Crippen LogP contribution in [0.15, 0.2) is 29.2 Å². The average Bonchev–Trinajstić information content (AvgIpc) is 2.46. The fourth-order valence-corrected chi connectivity index (χ4v) is 3.77. The van der Waals surface area contributed by atoms with E-state index in [1.807, 2.05) is 0 Å². The second-order valence-corrected chi connectivity index (χ2v) is 7.60. The van der Waals surface area contributed by atoms with Gasteiger partial charge in [-0.15, -0.1) is 0 Å². The maximum absolute atomic E-state index is 12.9. The van der Waals surface area contributed by atoms with E-state index in [0.717, 1.165) is 25.0 Å². The molecule has 2 rings (SSSR count). The molecule has 1 aromatic carbocycles. The molecule has 5 nitrogen and oxygen atoms in total. The minimum atomic E-state index is -3.82. The van der Waals surface area contributed by atoms with Crippen LogP contribution in [-0.2, 0) is 14.6 Å². The molecule has 1 aliphatic heterocycles. The van der Waals surface area contributed by atoms with Gasteiger partial charge < -0.3 is 10.6 Å². The number of nitrogens with two attached hydrogens (primary N) is 1. The number of piperidine rings is 1. The molecule has 0 aromatic heterocycles. The van der Waals surface area contributed by atoms with E-state index >= 15 is 0 Å². The SMILES string of the molecule is C[C@H](C(=O)N1CCC[C@@H](N)C1)S(=O)(=O)c1ccc(F)cc1. The predicted molar refractivity (Wildman–Crippen MR) is 76.8 cm³/mol. The number of carbonyl (C=O) groups excluding carboxylic acids is 1. The van der Waals surface area contributed by atoms with E-state index in [4.69, 9.17) is 5.73 Å². The lowest BCUT2D eigenvalue weighted by atomic mass is 10.1. The molecule has 1 fully saturated rings. The van der Waals surface area contributed by atoms with E-state index in [2.05, 4.69) is 0 Å². The molecule has 1 aliphatic rings. The van der Waals surface area contributed by atoms with Crippen LogP contribution in [-0.4, -0.2) is 43.6 Å². The summed E-state index contributed by atoms with van der Waals surface area (Å²) in [5.41, 5.74) is 5.81. The van der Waals surface area contributed by atoms with Crippen LogP contribution in [0.2, 0.25) is 0 Å². The highest BCUT2D eigenvalue weighted by Gasteiger charge is 2.34. The number of carbonyl (C=O) groups is 1. The number of benzene rings is 1. The molecule has 1 aromatic rings. The molecule has 0 bridgehead atoms. The standard InChI is InChI=1S/C14H19FN2O3S/c1-10(14(18)17-8-2-3-12(16)9-17)21(19,20)13-6-4-11(15)5-7-13/h4-7,10,12H,2-3,8-9,16H2,1H3/t10-,12-/m1/s1. The maximum Gasteiger partial charge on any atom is 0.241 e. The Bertz CT molecular complexity index is 616. The van der Waals surface area contributed by atoms with Crippen LogP contribution in [0.4, 0.5) is 4.39 Å². The summed E-state index contributed by atoms with van der Waals surface area (Å²) < 4.78 is 37.7. The lowest BCUT2D eigenvalue weighted by molar-refractivity contribution is -0.131. The third-order valence-electron chi connectivity index (χ3n) is 3.72. The normalized spacial score (nSPS) is 21.1. The molecule has 1 amide bonds. The summed E-state index contributed by atoms with van der Waals surface area (Å²) in [5.74, 6) is -0.968. The van der Waals surface area contributed by atoms with Crippen molar-refractivity contribution in [2.24, 2.45) is 5.73 Å². The van der Waals surface area contributed by atoms with Crippen LogP contribution in [0.3, 0.4) is 0 Å². The Morgan fingerprint density at radius 3 is 2.57 bits per heavy atom. The van der Waals surface area contributed by atoms with E-state index in [9.17, 15) is 17.6 Å². The zero-order chi connectivity index (χ0) is 15.6. The smallest absolute Gasteiger partial charge is 0.241 e. The van der Waals surface area contributed by atoms with Crippen molar-refractivity contribution in [3.63, 3.8) is 0 Å². The molecule has 0 aliphatic carbocycles. The van der Waals surface area contributed by atoms with Gasteiger partial charge in [0.15, 0.2) is 9.84 Å². The van der Waals surface area contributed by atoms with E-state index in [-0.39, 0.29) is 10.9 Å². The Balaban J connectivity index is 2.19. The summed E-state index contributed by atoms with van der Waals surface area (Å²) in [6, 6.07) is 4.39. The number of rotatable bonds is 3. The number of sulfone groups is 1. The van der Waals surface area contributed by atoms with Crippen LogP contribution < -0.4 is 5.73 Å². The summed E-state index contributed by atoms with van der Waals surface area (Å²) in [6.07, 6.45) is 1.61. The lowest BCUT2D eigenvalue weighted by Crippen LogP contribution is -2.50. The first-order chi connectivity index (χ1) is 9.82. The van der Waals surface area contributed by atoms with Crippen molar-refractivity contribution in [3.8, 4) is 0 Å². The number of halogens is 1. The first-order valence-corrected chi connectivity index (χ1v) is 8.41. The van der Waals surface area contributed by atoms with Crippen molar-refractivity contribution >= 4 is 15.7 Å². The molecule has 0 unspecified atom stereocenters. The highest BCUT2D eigenvalue weighted by atomic mass is 32.2. The monoisotopic (exact) mass is 314 g/mol. The minimum Gasteiger partial charge on any atom is -0.340 e. The molecule has 1 saturated heterocycles. The van der Waals surface area contributed by atoms with E-state index < -0.39 is 26.8 Å². The Kier molecular flexibility index (Phi) is 4.63. The lowest BCUT2D eigenvalue weighted by Gasteiger charge is -2.32. The zero-order valence-corrected chi connectivity index (χ0v) is 12.6. The molecule has 1 heterocycles. The van der Waals surface area contributed by atoms with Gasteiger partial charge in [0.2, 0.25) is 5.91 Å². The molecule has 116 valence electrons. The van der Waals surface area contributed by atoms with Gasteiger partial charge in [0.05, 0.1) is 4.90 Å². The van der Waals surface area contributed by atoms with Gasteiger partial charge in [-0.1, -0.05) is 0 Å². The fraction of sp³-hybridized carbons (Fsp3) is 0.500. The highest BCUT2D eigenvalue weighted by molar-refractivity contribution is 7.92. The van der Waals surface area contributed by atoms with E-state index in [1.165, 1.54) is 24.0 Å².